The summed E-state index contributed by atoms with van der Waals surface area (Å²) in [4.78, 5) is 32.7. The third kappa shape index (κ3) is 2.46. The highest BCUT2D eigenvalue weighted by Gasteiger charge is 2.24. The molecule has 0 radical (unpaired) electrons. The van der Waals surface area contributed by atoms with Crippen LogP contribution < -0.4 is 5.32 Å². The number of carbonyl (C=O) groups excluding carboxylic acids is 2. The number of amides is 1. The number of ketones is 1. The number of rotatable bonds is 2. The second-order valence-corrected chi connectivity index (χ2v) is 5.87. The number of anilines is 1. The Morgan fingerprint density at radius 2 is 2.30 bits per heavy atom. The van der Waals surface area contributed by atoms with Crippen molar-refractivity contribution in [2.75, 3.05) is 5.32 Å². The standard InChI is InChI=1S/C14H13N3O2S/c1-8-5-10-9(11(18)6-8)7-15-14(16-10)17-13(19)12-3-2-4-20-12/h2-4,7-8H,5-6H2,1H3,(H,15,16,17,19)/t8-/m0/s1. The molecule has 1 N–H and O–H groups in total. The van der Waals surface area contributed by atoms with Gasteiger partial charge in [0.25, 0.3) is 5.91 Å². The van der Waals surface area contributed by atoms with Gasteiger partial charge < -0.3 is 0 Å². The monoisotopic (exact) mass is 287 g/mol. The minimum absolute atomic E-state index is 0.0786. The molecule has 0 aliphatic heterocycles. The number of hydrogen-bond donors (Lipinski definition) is 1. The van der Waals surface area contributed by atoms with E-state index in [0.717, 1.165) is 12.1 Å². The number of nitrogens with zero attached hydrogens (tertiary/aromatic N) is 2. The van der Waals surface area contributed by atoms with Crippen LogP contribution in [0.4, 0.5) is 5.95 Å². The van der Waals surface area contributed by atoms with Gasteiger partial charge in [-0.1, -0.05) is 13.0 Å². The van der Waals surface area contributed by atoms with Crippen LogP contribution in [0.5, 0.6) is 0 Å². The zero-order valence-corrected chi connectivity index (χ0v) is 11.7. The molecule has 0 unspecified atom stereocenters. The molecule has 1 aliphatic carbocycles. The number of Topliss-reactive ketones (excluding diaryl/α,β-unsaturated/α-hetero) is 1. The maximum Gasteiger partial charge on any atom is 0.268 e. The van der Waals surface area contributed by atoms with Gasteiger partial charge in [-0.3, -0.25) is 14.9 Å². The van der Waals surface area contributed by atoms with Crippen molar-refractivity contribution in [3.05, 3.63) is 39.8 Å². The van der Waals surface area contributed by atoms with Gasteiger partial charge in [-0.2, -0.15) is 0 Å². The molecule has 0 saturated carbocycles. The summed E-state index contributed by atoms with van der Waals surface area (Å²) in [5.74, 6) is 0.389. The van der Waals surface area contributed by atoms with Crippen LogP contribution >= 0.6 is 11.3 Å². The molecular formula is C14H13N3O2S. The Kier molecular flexibility index (Phi) is 3.31. The van der Waals surface area contributed by atoms with Crippen molar-refractivity contribution in [2.45, 2.75) is 19.8 Å². The smallest absolute Gasteiger partial charge is 0.268 e. The summed E-state index contributed by atoms with van der Waals surface area (Å²) in [5, 5.41) is 4.50. The van der Waals surface area contributed by atoms with Gasteiger partial charge in [0, 0.05) is 12.6 Å². The minimum Gasteiger partial charge on any atom is -0.294 e. The summed E-state index contributed by atoms with van der Waals surface area (Å²) in [6, 6.07) is 3.55. The van der Waals surface area contributed by atoms with Gasteiger partial charge in [0.05, 0.1) is 16.1 Å². The van der Waals surface area contributed by atoms with Crippen LogP contribution in [0.25, 0.3) is 0 Å². The fraction of sp³-hybridized carbons (Fsp3) is 0.286. The SMILES string of the molecule is C[C@@H]1CC(=O)c2cnc(NC(=O)c3cccs3)nc2C1. The van der Waals surface area contributed by atoms with Crippen molar-refractivity contribution in [2.24, 2.45) is 5.92 Å². The topological polar surface area (TPSA) is 72.0 Å². The van der Waals surface area contributed by atoms with Crippen LogP contribution in [0.2, 0.25) is 0 Å². The normalized spacial score (nSPS) is 17.6. The maximum atomic E-state index is 11.9. The van der Waals surface area contributed by atoms with Gasteiger partial charge in [-0.15, -0.1) is 11.3 Å². The lowest BCUT2D eigenvalue weighted by Gasteiger charge is -2.19. The zero-order chi connectivity index (χ0) is 14.1. The van der Waals surface area contributed by atoms with E-state index in [-0.39, 0.29) is 23.6 Å². The third-order valence-corrected chi connectivity index (χ3v) is 4.08. The Hall–Kier alpha value is -2.08. The Labute approximate surface area is 120 Å². The third-order valence-electron chi connectivity index (χ3n) is 3.21. The van der Waals surface area contributed by atoms with Gasteiger partial charge in [-0.25, -0.2) is 9.97 Å². The molecule has 6 heteroatoms. The highest BCUT2D eigenvalue weighted by molar-refractivity contribution is 7.12. The van der Waals surface area contributed by atoms with E-state index < -0.39 is 0 Å². The molecule has 1 amide bonds. The Morgan fingerprint density at radius 1 is 1.45 bits per heavy atom. The quantitative estimate of drug-likeness (QED) is 0.921. The molecule has 0 bridgehead atoms. The maximum absolute atomic E-state index is 11.9. The van der Waals surface area contributed by atoms with Crippen LogP contribution in [0.15, 0.2) is 23.7 Å². The number of carbonyl (C=O) groups is 2. The van der Waals surface area contributed by atoms with Crippen molar-refractivity contribution in [1.29, 1.82) is 0 Å². The predicted molar refractivity (Wildman–Crippen MR) is 76.1 cm³/mol. The first kappa shape index (κ1) is 12.9. The Balaban J connectivity index is 1.84. The van der Waals surface area contributed by atoms with E-state index >= 15 is 0 Å². The Bertz CT molecular complexity index is 667. The number of nitrogens with one attached hydrogen (secondary N) is 1. The number of hydrogen-bond acceptors (Lipinski definition) is 5. The first-order valence-corrected chi connectivity index (χ1v) is 7.25. The highest BCUT2D eigenvalue weighted by atomic mass is 32.1. The number of thiophene rings is 1. The van der Waals surface area contributed by atoms with E-state index in [9.17, 15) is 9.59 Å². The molecule has 0 aromatic carbocycles. The van der Waals surface area contributed by atoms with Gasteiger partial charge in [-0.05, 0) is 23.8 Å². The lowest BCUT2D eigenvalue weighted by molar-refractivity contribution is 0.0951. The van der Waals surface area contributed by atoms with Crippen molar-refractivity contribution in [1.82, 2.24) is 9.97 Å². The molecule has 20 heavy (non-hydrogen) atoms. The zero-order valence-electron chi connectivity index (χ0n) is 10.9. The summed E-state index contributed by atoms with van der Waals surface area (Å²) in [6.07, 6.45) is 2.79. The van der Waals surface area contributed by atoms with Crippen molar-refractivity contribution in [3.8, 4) is 0 Å². The molecule has 2 aromatic rings. The molecule has 0 fully saturated rings. The second kappa shape index (κ2) is 5.13. The molecule has 2 heterocycles. The largest absolute Gasteiger partial charge is 0.294 e. The average molecular weight is 287 g/mol. The van der Waals surface area contributed by atoms with Crippen LogP contribution in [0.1, 0.15) is 39.1 Å². The second-order valence-electron chi connectivity index (χ2n) is 4.92. The predicted octanol–water partition coefficient (Wildman–Crippen LogP) is 2.56. The van der Waals surface area contributed by atoms with Crippen LogP contribution in [-0.4, -0.2) is 21.7 Å². The molecule has 1 aliphatic rings. The minimum atomic E-state index is -0.227. The van der Waals surface area contributed by atoms with Gasteiger partial charge >= 0.3 is 0 Å². The van der Waals surface area contributed by atoms with E-state index in [1.807, 2.05) is 18.4 Å². The molecule has 2 aromatic heterocycles. The van der Waals surface area contributed by atoms with Crippen LogP contribution in [-0.2, 0) is 6.42 Å². The first-order valence-electron chi connectivity index (χ1n) is 6.37. The fourth-order valence-corrected chi connectivity index (χ4v) is 2.88. The molecular weight excluding hydrogens is 274 g/mol. The number of aromatic nitrogens is 2. The van der Waals surface area contributed by atoms with E-state index in [4.69, 9.17) is 0 Å². The summed E-state index contributed by atoms with van der Waals surface area (Å²) >= 11 is 1.36. The van der Waals surface area contributed by atoms with Gasteiger partial charge in [0.2, 0.25) is 5.95 Å². The summed E-state index contributed by atoms with van der Waals surface area (Å²) < 4.78 is 0. The molecule has 3 rings (SSSR count). The molecule has 0 saturated heterocycles. The molecule has 102 valence electrons. The lowest BCUT2D eigenvalue weighted by atomic mass is 9.88. The van der Waals surface area contributed by atoms with Crippen LogP contribution in [0, 0.1) is 5.92 Å². The summed E-state index contributed by atoms with van der Waals surface area (Å²) in [5.41, 5.74) is 1.31. The van der Waals surface area contributed by atoms with E-state index in [0.29, 0.717) is 16.9 Å². The average Bonchev–Trinajstić information content (AvgIpc) is 2.91. The van der Waals surface area contributed by atoms with Crippen molar-refractivity contribution >= 4 is 29.0 Å². The highest BCUT2D eigenvalue weighted by Crippen LogP contribution is 2.24. The van der Waals surface area contributed by atoms with E-state index in [1.165, 1.54) is 17.5 Å². The van der Waals surface area contributed by atoms with Gasteiger partial charge in [0.1, 0.15) is 0 Å². The fourth-order valence-electron chi connectivity index (χ4n) is 2.27. The number of fused-ring (bicyclic) bond motifs is 1. The lowest BCUT2D eigenvalue weighted by Crippen LogP contribution is -2.21. The molecule has 5 nitrogen and oxygen atoms in total. The molecule has 0 spiro atoms. The van der Waals surface area contributed by atoms with E-state index in [2.05, 4.69) is 15.3 Å². The summed E-state index contributed by atoms with van der Waals surface area (Å²) in [7, 11) is 0. The Morgan fingerprint density at radius 3 is 3.05 bits per heavy atom. The van der Waals surface area contributed by atoms with Crippen molar-refractivity contribution in [3.63, 3.8) is 0 Å². The van der Waals surface area contributed by atoms with E-state index in [1.54, 1.807) is 6.07 Å². The van der Waals surface area contributed by atoms with Gasteiger partial charge in [0.15, 0.2) is 5.78 Å². The van der Waals surface area contributed by atoms with Crippen LogP contribution in [0.3, 0.4) is 0 Å². The summed E-state index contributed by atoms with van der Waals surface area (Å²) in [6.45, 7) is 2.02. The first-order chi connectivity index (χ1) is 9.63. The van der Waals surface area contributed by atoms with Crippen molar-refractivity contribution < 1.29 is 9.59 Å². The molecule has 1 atom stereocenters.